The van der Waals surface area contributed by atoms with Gasteiger partial charge in [-0.15, -0.1) is 0 Å². The van der Waals surface area contributed by atoms with Crippen molar-refractivity contribution in [3.05, 3.63) is 33.9 Å². The number of nitro benzene ring substituents is 1. The van der Waals surface area contributed by atoms with Crippen LogP contribution in [0.1, 0.15) is 24.8 Å². The van der Waals surface area contributed by atoms with Crippen LogP contribution in [0.4, 0.5) is 11.4 Å². The number of carbonyl (C=O) groups is 1. The molecular weight excluding hydrogens is 296 g/mol. The molecule has 1 aromatic rings. The monoisotopic (exact) mass is 314 g/mol. The number of anilines is 1. The summed E-state index contributed by atoms with van der Waals surface area (Å²) >= 11 is 0. The van der Waals surface area contributed by atoms with E-state index in [0.717, 1.165) is 25.8 Å². The van der Waals surface area contributed by atoms with Crippen LogP contribution in [0.25, 0.3) is 0 Å². The molecule has 2 aliphatic rings. The Bertz CT molecular complexity index is 678. The van der Waals surface area contributed by atoms with Gasteiger partial charge in [0.05, 0.1) is 16.6 Å². The maximum atomic E-state index is 12.0. The molecule has 7 nitrogen and oxygen atoms in total. The molecule has 1 unspecified atom stereocenters. The molecule has 1 aliphatic carbocycles. The second-order valence-corrected chi connectivity index (χ2v) is 6.19. The fourth-order valence-electron chi connectivity index (χ4n) is 2.95. The number of nitrogens with one attached hydrogen (secondary N) is 1. The molecule has 2 fully saturated rings. The van der Waals surface area contributed by atoms with Crippen LogP contribution in [0.2, 0.25) is 0 Å². The second-order valence-electron chi connectivity index (χ2n) is 6.19. The van der Waals surface area contributed by atoms with Crippen LogP contribution in [0.15, 0.2) is 18.2 Å². The van der Waals surface area contributed by atoms with Gasteiger partial charge in [-0.1, -0.05) is 0 Å². The Morgan fingerprint density at radius 1 is 1.43 bits per heavy atom. The Kier molecular flexibility index (Phi) is 4.15. The van der Waals surface area contributed by atoms with Crippen molar-refractivity contribution >= 4 is 17.3 Å². The highest BCUT2D eigenvalue weighted by Crippen LogP contribution is 2.33. The van der Waals surface area contributed by atoms with Gasteiger partial charge in [0.25, 0.3) is 5.69 Å². The van der Waals surface area contributed by atoms with E-state index in [1.807, 2.05) is 11.0 Å². The maximum absolute atomic E-state index is 12.0. The van der Waals surface area contributed by atoms with Crippen LogP contribution in [0.3, 0.4) is 0 Å². The molecule has 1 N–H and O–H groups in total. The summed E-state index contributed by atoms with van der Waals surface area (Å²) < 4.78 is 0. The number of amides is 1. The lowest BCUT2D eigenvalue weighted by molar-refractivity contribution is -0.384. The molecule has 0 bridgehead atoms. The van der Waals surface area contributed by atoms with Gasteiger partial charge < -0.3 is 10.2 Å². The molecule has 1 heterocycles. The summed E-state index contributed by atoms with van der Waals surface area (Å²) in [5.74, 6) is 0.767. The Morgan fingerprint density at radius 2 is 2.22 bits per heavy atom. The van der Waals surface area contributed by atoms with E-state index < -0.39 is 4.92 Å². The minimum Gasteiger partial charge on any atom is -0.379 e. The summed E-state index contributed by atoms with van der Waals surface area (Å²) in [4.78, 5) is 24.6. The minimum absolute atomic E-state index is 0.0343. The van der Waals surface area contributed by atoms with Crippen LogP contribution < -0.4 is 5.32 Å². The van der Waals surface area contributed by atoms with E-state index in [-0.39, 0.29) is 23.4 Å². The van der Waals surface area contributed by atoms with Gasteiger partial charge in [-0.3, -0.25) is 14.9 Å². The molecule has 1 saturated carbocycles. The summed E-state index contributed by atoms with van der Waals surface area (Å²) in [6, 6.07) is 6.27. The Labute approximate surface area is 134 Å². The first kappa shape index (κ1) is 15.3. The predicted molar refractivity (Wildman–Crippen MR) is 83.7 cm³/mol. The third kappa shape index (κ3) is 3.42. The lowest BCUT2D eigenvalue weighted by Gasteiger charge is -2.16. The predicted octanol–water partition coefficient (Wildman–Crippen LogP) is 2.14. The van der Waals surface area contributed by atoms with Gasteiger partial charge in [-0.2, -0.15) is 5.26 Å². The van der Waals surface area contributed by atoms with Crippen molar-refractivity contribution in [2.45, 2.75) is 19.3 Å². The molecule has 1 aliphatic heterocycles. The Hall–Kier alpha value is -2.62. The van der Waals surface area contributed by atoms with E-state index in [1.165, 1.54) is 18.2 Å². The van der Waals surface area contributed by atoms with Crippen molar-refractivity contribution in [3.63, 3.8) is 0 Å². The maximum Gasteiger partial charge on any atom is 0.292 e. The molecule has 0 spiro atoms. The van der Waals surface area contributed by atoms with Crippen molar-refractivity contribution in [3.8, 4) is 6.07 Å². The number of nitriles is 1. The van der Waals surface area contributed by atoms with Gasteiger partial charge in [-0.05, 0) is 37.3 Å². The lowest BCUT2D eigenvalue weighted by Crippen LogP contribution is -2.30. The smallest absolute Gasteiger partial charge is 0.292 e. The van der Waals surface area contributed by atoms with Gasteiger partial charge >= 0.3 is 0 Å². The van der Waals surface area contributed by atoms with Crippen LogP contribution >= 0.6 is 0 Å². The SMILES string of the molecule is N#Cc1ccc([N+](=O)[O-])c(NCC2CCN(C(=O)C3CC3)C2)c1. The zero-order valence-electron chi connectivity index (χ0n) is 12.7. The third-order valence-electron chi connectivity index (χ3n) is 4.43. The number of hydrogen-bond donors (Lipinski definition) is 1. The van der Waals surface area contributed by atoms with Crippen LogP contribution in [0.5, 0.6) is 0 Å². The van der Waals surface area contributed by atoms with Crippen LogP contribution in [-0.4, -0.2) is 35.4 Å². The lowest BCUT2D eigenvalue weighted by atomic mass is 10.1. The van der Waals surface area contributed by atoms with Crippen molar-refractivity contribution in [2.24, 2.45) is 11.8 Å². The van der Waals surface area contributed by atoms with Crippen molar-refractivity contribution < 1.29 is 9.72 Å². The van der Waals surface area contributed by atoms with E-state index in [9.17, 15) is 14.9 Å². The standard InChI is InChI=1S/C16H18N4O3/c17-8-11-1-4-15(20(22)23)14(7-11)18-9-12-5-6-19(10-12)16(21)13-2-3-13/h1,4,7,12-13,18H,2-3,5-6,9-10H2. The number of likely N-dealkylation sites (tertiary alicyclic amines) is 1. The van der Waals surface area contributed by atoms with E-state index in [2.05, 4.69) is 5.32 Å². The molecular formula is C16H18N4O3. The molecule has 1 atom stereocenters. The fourth-order valence-corrected chi connectivity index (χ4v) is 2.95. The second kappa shape index (κ2) is 6.24. The van der Waals surface area contributed by atoms with Gasteiger partial charge in [-0.25, -0.2) is 0 Å². The summed E-state index contributed by atoms with van der Waals surface area (Å²) in [5.41, 5.74) is 0.712. The first-order valence-corrected chi connectivity index (χ1v) is 7.79. The molecule has 1 aromatic carbocycles. The molecule has 0 radical (unpaired) electrons. The van der Waals surface area contributed by atoms with E-state index in [4.69, 9.17) is 5.26 Å². The van der Waals surface area contributed by atoms with Crippen LogP contribution in [-0.2, 0) is 4.79 Å². The van der Waals surface area contributed by atoms with E-state index in [0.29, 0.717) is 24.3 Å². The highest BCUT2D eigenvalue weighted by molar-refractivity contribution is 5.81. The number of carbonyl (C=O) groups excluding carboxylic acids is 1. The number of rotatable bonds is 5. The van der Waals surface area contributed by atoms with Gasteiger partial charge in [0.15, 0.2) is 0 Å². The summed E-state index contributed by atoms with van der Waals surface area (Å²) in [6.07, 6.45) is 2.91. The normalized spacial score (nSPS) is 20.1. The summed E-state index contributed by atoms with van der Waals surface area (Å²) in [5, 5.41) is 23.1. The zero-order chi connectivity index (χ0) is 16.4. The van der Waals surface area contributed by atoms with Crippen molar-refractivity contribution in [2.75, 3.05) is 25.0 Å². The molecule has 3 rings (SSSR count). The minimum atomic E-state index is -0.457. The van der Waals surface area contributed by atoms with Crippen molar-refractivity contribution in [1.82, 2.24) is 4.90 Å². The first-order chi connectivity index (χ1) is 11.1. The molecule has 1 amide bonds. The molecule has 7 heteroatoms. The summed E-state index contributed by atoms with van der Waals surface area (Å²) in [7, 11) is 0. The molecule has 120 valence electrons. The van der Waals surface area contributed by atoms with E-state index in [1.54, 1.807) is 0 Å². The van der Waals surface area contributed by atoms with Crippen LogP contribution in [0, 0.1) is 33.3 Å². The van der Waals surface area contributed by atoms with Gasteiger partial charge in [0, 0.05) is 31.6 Å². The number of hydrogen-bond acceptors (Lipinski definition) is 5. The number of nitrogens with zero attached hydrogens (tertiary/aromatic N) is 3. The third-order valence-corrected chi connectivity index (χ3v) is 4.43. The largest absolute Gasteiger partial charge is 0.379 e. The molecule has 23 heavy (non-hydrogen) atoms. The van der Waals surface area contributed by atoms with Gasteiger partial charge in [0.2, 0.25) is 5.91 Å². The fraction of sp³-hybridized carbons (Fsp3) is 0.500. The van der Waals surface area contributed by atoms with Crippen molar-refractivity contribution in [1.29, 1.82) is 5.26 Å². The number of benzene rings is 1. The zero-order valence-corrected chi connectivity index (χ0v) is 12.7. The molecule has 1 saturated heterocycles. The average Bonchev–Trinajstić information content (AvgIpc) is 3.30. The highest BCUT2D eigenvalue weighted by Gasteiger charge is 2.36. The quantitative estimate of drug-likeness (QED) is 0.663. The summed E-state index contributed by atoms with van der Waals surface area (Å²) in [6.45, 7) is 2.03. The topological polar surface area (TPSA) is 99.3 Å². The highest BCUT2D eigenvalue weighted by atomic mass is 16.6. The Balaban J connectivity index is 1.61. The average molecular weight is 314 g/mol. The molecule has 0 aromatic heterocycles. The van der Waals surface area contributed by atoms with E-state index >= 15 is 0 Å². The Morgan fingerprint density at radius 3 is 2.87 bits per heavy atom. The van der Waals surface area contributed by atoms with Gasteiger partial charge in [0.1, 0.15) is 5.69 Å². The number of nitro groups is 1. The first-order valence-electron chi connectivity index (χ1n) is 7.79.